The Morgan fingerprint density at radius 1 is 1.11 bits per heavy atom. The molecule has 3 heterocycles. The van der Waals surface area contributed by atoms with Gasteiger partial charge in [0.05, 0.1) is 12.1 Å². The number of piperidine rings is 1. The van der Waals surface area contributed by atoms with E-state index in [-0.39, 0.29) is 5.56 Å². The van der Waals surface area contributed by atoms with E-state index >= 15 is 0 Å². The number of H-pyrrole nitrogens is 1. The Labute approximate surface area is 107 Å². The third-order valence-corrected chi connectivity index (χ3v) is 4.08. The second kappa shape index (κ2) is 5.28. The summed E-state index contributed by atoms with van der Waals surface area (Å²) in [6.07, 6.45) is 4.92. The van der Waals surface area contributed by atoms with Crippen LogP contribution in [0.1, 0.15) is 30.5 Å². The minimum absolute atomic E-state index is 0.175. The summed E-state index contributed by atoms with van der Waals surface area (Å²) in [5, 5.41) is 6.54. The fraction of sp³-hybridized carbons (Fsp3) is 0.769. The normalized spacial score (nSPS) is 20.9. The number of nitrogens with one attached hydrogen (secondary N) is 2. The molecule has 0 aromatic carbocycles. The van der Waals surface area contributed by atoms with Gasteiger partial charge in [0, 0.05) is 31.7 Å². The van der Waals surface area contributed by atoms with Gasteiger partial charge in [-0.15, -0.1) is 0 Å². The molecular formula is C13H22N4O. The van der Waals surface area contributed by atoms with Gasteiger partial charge in [-0.05, 0) is 25.9 Å². The van der Waals surface area contributed by atoms with Gasteiger partial charge in [0.1, 0.15) is 0 Å². The minimum atomic E-state index is 0.175. The van der Waals surface area contributed by atoms with Crippen LogP contribution in [0.5, 0.6) is 0 Å². The van der Waals surface area contributed by atoms with Crippen LogP contribution in [0.3, 0.4) is 0 Å². The Bertz CT molecular complexity index is 456. The Balaban J connectivity index is 1.65. The first kappa shape index (κ1) is 12.0. The van der Waals surface area contributed by atoms with Gasteiger partial charge in [-0.1, -0.05) is 6.42 Å². The SMILES string of the molecule is O=c1c2c([nH]n1CCN1CCCCC1)CCNC2. The molecule has 1 aromatic rings. The predicted octanol–water partition coefficient (Wildman–Crippen LogP) is 0.308. The first-order chi connectivity index (χ1) is 8.84. The van der Waals surface area contributed by atoms with Crippen molar-refractivity contribution in [1.82, 2.24) is 20.0 Å². The zero-order chi connectivity index (χ0) is 12.4. The van der Waals surface area contributed by atoms with Crippen molar-refractivity contribution in [2.45, 2.75) is 38.8 Å². The van der Waals surface area contributed by atoms with Crippen LogP contribution in [0.4, 0.5) is 0 Å². The van der Waals surface area contributed by atoms with E-state index in [1.54, 1.807) is 4.68 Å². The number of likely N-dealkylation sites (tertiary alicyclic amines) is 1. The fourth-order valence-electron chi connectivity index (χ4n) is 2.97. The standard InChI is InChI=1S/C13H22N4O/c18-13-11-10-14-5-4-12(11)15-17(13)9-8-16-6-2-1-3-7-16/h14-15H,1-10H2. The molecule has 1 saturated heterocycles. The van der Waals surface area contributed by atoms with Crippen LogP contribution in [0, 0.1) is 0 Å². The van der Waals surface area contributed by atoms with Crippen molar-refractivity contribution in [2.24, 2.45) is 0 Å². The highest BCUT2D eigenvalue weighted by molar-refractivity contribution is 5.19. The Morgan fingerprint density at radius 3 is 2.72 bits per heavy atom. The summed E-state index contributed by atoms with van der Waals surface area (Å²) >= 11 is 0. The lowest BCUT2D eigenvalue weighted by molar-refractivity contribution is 0.217. The fourth-order valence-corrected chi connectivity index (χ4v) is 2.97. The molecule has 0 radical (unpaired) electrons. The maximum absolute atomic E-state index is 12.2. The second-order valence-corrected chi connectivity index (χ2v) is 5.35. The molecule has 3 rings (SSSR count). The molecule has 5 nitrogen and oxygen atoms in total. The van der Waals surface area contributed by atoms with E-state index in [9.17, 15) is 4.79 Å². The van der Waals surface area contributed by atoms with Crippen LogP contribution < -0.4 is 10.9 Å². The molecule has 18 heavy (non-hydrogen) atoms. The van der Waals surface area contributed by atoms with Crippen molar-refractivity contribution in [1.29, 1.82) is 0 Å². The molecule has 0 unspecified atom stereocenters. The zero-order valence-corrected chi connectivity index (χ0v) is 10.9. The summed E-state index contributed by atoms with van der Waals surface area (Å²) in [7, 11) is 0. The zero-order valence-electron chi connectivity index (χ0n) is 10.9. The number of fused-ring (bicyclic) bond motifs is 1. The van der Waals surface area contributed by atoms with Gasteiger partial charge >= 0.3 is 0 Å². The molecule has 2 N–H and O–H groups in total. The summed E-state index contributed by atoms with van der Waals surface area (Å²) in [5.74, 6) is 0. The molecule has 5 heteroatoms. The predicted molar refractivity (Wildman–Crippen MR) is 70.8 cm³/mol. The average Bonchev–Trinajstić information content (AvgIpc) is 2.75. The number of aromatic amines is 1. The third-order valence-electron chi connectivity index (χ3n) is 4.08. The highest BCUT2D eigenvalue weighted by Crippen LogP contribution is 2.09. The molecule has 0 aliphatic carbocycles. The lowest BCUT2D eigenvalue weighted by Crippen LogP contribution is -2.34. The lowest BCUT2D eigenvalue weighted by Gasteiger charge is -2.26. The third kappa shape index (κ3) is 2.37. The molecular weight excluding hydrogens is 228 g/mol. The van der Waals surface area contributed by atoms with Crippen LogP contribution in [-0.4, -0.2) is 40.9 Å². The van der Waals surface area contributed by atoms with Crippen molar-refractivity contribution in [3.05, 3.63) is 21.6 Å². The van der Waals surface area contributed by atoms with E-state index in [1.807, 2.05) is 0 Å². The van der Waals surface area contributed by atoms with Crippen molar-refractivity contribution in [2.75, 3.05) is 26.2 Å². The van der Waals surface area contributed by atoms with Gasteiger partial charge < -0.3 is 10.2 Å². The van der Waals surface area contributed by atoms with Crippen LogP contribution in [0.25, 0.3) is 0 Å². The van der Waals surface area contributed by atoms with Gasteiger partial charge in [0.25, 0.3) is 5.56 Å². The van der Waals surface area contributed by atoms with Crippen molar-refractivity contribution in [3.8, 4) is 0 Å². The van der Waals surface area contributed by atoms with Gasteiger partial charge in [-0.3, -0.25) is 14.6 Å². The van der Waals surface area contributed by atoms with E-state index in [0.29, 0.717) is 0 Å². The average molecular weight is 250 g/mol. The summed E-state index contributed by atoms with van der Waals surface area (Å²) < 4.78 is 1.80. The van der Waals surface area contributed by atoms with E-state index in [2.05, 4.69) is 15.3 Å². The van der Waals surface area contributed by atoms with Crippen molar-refractivity contribution in [3.63, 3.8) is 0 Å². The number of aromatic nitrogens is 2. The van der Waals surface area contributed by atoms with Crippen molar-refractivity contribution < 1.29 is 0 Å². The van der Waals surface area contributed by atoms with Gasteiger partial charge in [0.15, 0.2) is 0 Å². The van der Waals surface area contributed by atoms with Crippen LogP contribution in [-0.2, 0) is 19.5 Å². The molecule has 0 spiro atoms. The Hall–Kier alpha value is -1.07. The van der Waals surface area contributed by atoms with Crippen molar-refractivity contribution >= 4 is 0 Å². The van der Waals surface area contributed by atoms with Crippen LogP contribution >= 0.6 is 0 Å². The number of nitrogens with zero attached hydrogens (tertiary/aromatic N) is 2. The van der Waals surface area contributed by atoms with E-state index in [4.69, 9.17) is 0 Å². The number of hydrogen-bond donors (Lipinski definition) is 2. The van der Waals surface area contributed by atoms with E-state index in [0.717, 1.165) is 43.9 Å². The van der Waals surface area contributed by atoms with E-state index in [1.165, 1.54) is 32.4 Å². The molecule has 100 valence electrons. The molecule has 1 fully saturated rings. The van der Waals surface area contributed by atoms with E-state index < -0.39 is 0 Å². The maximum atomic E-state index is 12.2. The highest BCUT2D eigenvalue weighted by Gasteiger charge is 2.17. The van der Waals surface area contributed by atoms with Crippen LogP contribution in [0.15, 0.2) is 4.79 Å². The minimum Gasteiger partial charge on any atom is -0.312 e. The summed E-state index contributed by atoms with van der Waals surface area (Å²) in [6.45, 7) is 5.87. The molecule has 0 bridgehead atoms. The maximum Gasteiger partial charge on any atom is 0.271 e. The monoisotopic (exact) mass is 250 g/mol. The molecule has 2 aliphatic heterocycles. The molecule has 1 aromatic heterocycles. The largest absolute Gasteiger partial charge is 0.312 e. The first-order valence-electron chi connectivity index (χ1n) is 7.08. The first-order valence-corrected chi connectivity index (χ1v) is 7.08. The topological polar surface area (TPSA) is 53.1 Å². The molecule has 0 saturated carbocycles. The molecule has 0 atom stereocenters. The summed E-state index contributed by atoms with van der Waals surface area (Å²) in [6, 6.07) is 0. The van der Waals surface area contributed by atoms with Crippen LogP contribution in [0.2, 0.25) is 0 Å². The molecule has 2 aliphatic rings. The van der Waals surface area contributed by atoms with Gasteiger partial charge in [-0.2, -0.15) is 0 Å². The number of hydrogen-bond acceptors (Lipinski definition) is 3. The smallest absolute Gasteiger partial charge is 0.271 e. The quantitative estimate of drug-likeness (QED) is 0.812. The summed E-state index contributed by atoms with van der Waals surface area (Å²) in [4.78, 5) is 14.6. The van der Waals surface area contributed by atoms with Gasteiger partial charge in [-0.25, -0.2) is 0 Å². The van der Waals surface area contributed by atoms with Gasteiger partial charge in [0.2, 0.25) is 0 Å². The lowest BCUT2D eigenvalue weighted by atomic mass is 10.1. The Morgan fingerprint density at radius 2 is 1.94 bits per heavy atom. The highest BCUT2D eigenvalue weighted by atomic mass is 16.1. The Kier molecular flexibility index (Phi) is 3.52. The second-order valence-electron chi connectivity index (χ2n) is 5.35. The molecule has 0 amide bonds. The number of rotatable bonds is 3. The summed E-state index contributed by atoms with van der Waals surface area (Å²) in [5.41, 5.74) is 2.26.